The van der Waals surface area contributed by atoms with Crippen molar-refractivity contribution in [1.82, 2.24) is 9.88 Å². The minimum absolute atomic E-state index is 0.136. The summed E-state index contributed by atoms with van der Waals surface area (Å²) in [6.45, 7) is 3.40. The second kappa shape index (κ2) is 5.34. The highest BCUT2D eigenvalue weighted by Crippen LogP contribution is 2.17. The van der Waals surface area contributed by atoms with Gasteiger partial charge in [0.25, 0.3) is 0 Å². The van der Waals surface area contributed by atoms with Crippen LogP contribution in [0.15, 0.2) is 29.1 Å². The fraction of sp³-hybridized carbons (Fsp3) is 0.400. The number of H-pyrrole nitrogens is 1. The fourth-order valence-electron chi connectivity index (χ4n) is 2.85. The summed E-state index contributed by atoms with van der Waals surface area (Å²) in [5.41, 5.74) is 7.10. The Bertz CT molecular complexity index is 682. The van der Waals surface area contributed by atoms with Crippen molar-refractivity contribution in [3.63, 3.8) is 0 Å². The number of pyridine rings is 1. The summed E-state index contributed by atoms with van der Waals surface area (Å²) in [5, 5.41) is 0.398. The Morgan fingerprint density at radius 2 is 2.25 bits per heavy atom. The zero-order valence-corrected chi connectivity index (χ0v) is 11.2. The molecule has 0 radical (unpaired) electrons. The Morgan fingerprint density at radius 1 is 1.40 bits per heavy atom. The highest BCUT2D eigenvalue weighted by Gasteiger charge is 2.21. The number of nitrogens with zero attached hydrogens (tertiary/aromatic N) is 1. The number of benzene rings is 1. The second-order valence-electron chi connectivity index (χ2n) is 5.47. The summed E-state index contributed by atoms with van der Waals surface area (Å²) in [6.07, 6.45) is 1.11. The summed E-state index contributed by atoms with van der Waals surface area (Å²) in [4.78, 5) is 17.5. The summed E-state index contributed by atoms with van der Waals surface area (Å²) in [7, 11) is 0. The van der Waals surface area contributed by atoms with E-state index in [1.54, 1.807) is 12.1 Å². The van der Waals surface area contributed by atoms with E-state index in [0.29, 0.717) is 29.9 Å². The van der Waals surface area contributed by atoms with Gasteiger partial charge in [0.1, 0.15) is 5.82 Å². The van der Waals surface area contributed by atoms with E-state index in [0.717, 1.165) is 25.2 Å². The number of hydrogen-bond acceptors (Lipinski definition) is 3. The lowest BCUT2D eigenvalue weighted by Crippen LogP contribution is -2.24. The van der Waals surface area contributed by atoms with Crippen LogP contribution in [0.3, 0.4) is 0 Å². The average Bonchev–Trinajstić information content (AvgIpc) is 2.87. The summed E-state index contributed by atoms with van der Waals surface area (Å²) < 4.78 is 13.2. The van der Waals surface area contributed by atoms with Crippen LogP contribution in [0.25, 0.3) is 10.9 Å². The molecule has 20 heavy (non-hydrogen) atoms. The van der Waals surface area contributed by atoms with Gasteiger partial charge >= 0.3 is 0 Å². The van der Waals surface area contributed by atoms with Crippen molar-refractivity contribution in [2.45, 2.75) is 13.0 Å². The van der Waals surface area contributed by atoms with Crippen molar-refractivity contribution in [2.75, 3.05) is 19.6 Å². The average molecular weight is 275 g/mol. The van der Waals surface area contributed by atoms with Gasteiger partial charge in [-0.25, -0.2) is 4.39 Å². The molecule has 1 fully saturated rings. The predicted molar refractivity (Wildman–Crippen MR) is 77.0 cm³/mol. The monoisotopic (exact) mass is 275 g/mol. The van der Waals surface area contributed by atoms with E-state index in [-0.39, 0.29) is 11.2 Å². The van der Waals surface area contributed by atoms with Crippen LogP contribution in [0, 0.1) is 11.7 Å². The van der Waals surface area contributed by atoms with E-state index >= 15 is 0 Å². The SMILES string of the molecule is NCC1CCN(Cc2cc(=O)c3cc(F)ccc3[nH]2)C1. The van der Waals surface area contributed by atoms with Gasteiger partial charge in [-0.2, -0.15) is 0 Å². The van der Waals surface area contributed by atoms with Gasteiger partial charge in [-0.05, 0) is 43.6 Å². The van der Waals surface area contributed by atoms with Crippen molar-refractivity contribution in [3.8, 4) is 0 Å². The third-order valence-electron chi connectivity index (χ3n) is 3.94. The lowest BCUT2D eigenvalue weighted by molar-refractivity contribution is 0.314. The Balaban J connectivity index is 1.86. The van der Waals surface area contributed by atoms with Crippen LogP contribution in [0.2, 0.25) is 0 Å². The van der Waals surface area contributed by atoms with Crippen LogP contribution in [-0.2, 0) is 6.54 Å². The Labute approximate surface area is 116 Å². The minimum atomic E-state index is -0.388. The molecule has 1 atom stereocenters. The Hall–Kier alpha value is -1.72. The molecular weight excluding hydrogens is 257 g/mol. The van der Waals surface area contributed by atoms with Gasteiger partial charge < -0.3 is 10.7 Å². The molecule has 1 unspecified atom stereocenters. The molecule has 1 aromatic heterocycles. The first-order valence-electron chi connectivity index (χ1n) is 6.89. The molecule has 106 valence electrons. The smallest absolute Gasteiger partial charge is 0.189 e. The fourth-order valence-corrected chi connectivity index (χ4v) is 2.85. The Kier molecular flexibility index (Phi) is 3.54. The number of aromatic amines is 1. The van der Waals surface area contributed by atoms with Crippen LogP contribution in [-0.4, -0.2) is 29.5 Å². The first-order chi connectivity index (χ1) is 9.65. The maximum atomic E-state index is 13.2. The molecule has 1 aliphatic heterocycles. The number of nitrogens with one attached hydrogen (secondary N) is 1. The molecule has 2 aromatic rings. The molecule has 0 aliphatic carbocycles. The predicted octanol–water partition coefficient (Wildman–Crippen LogP) is 1.45. The largest absolute Gasteiger partial charge is 0.357 e. The molecule has 1 aromatic carbocycles. The molecule has 0 saturated carbocycles. The number of hydrogen-bond donors (Lipinski definition) is 2. The van der Waals surface area contributed by atoms with Gasteiger partial charge in [-0.3, -0.25) is 9.69 Å². The highest BCUT2D eigenvalue weighted by molar-refractivity contribution is 5.78. The van der Waals surface area contributed by atoms with Crippen molar-refractivity contribution in [3.05, 3.63) is 46.0 Å². The van der Waals surface area contributed by atoms with Gasteiger partial charge in [0.15, 0.2) is 5.43 Å². The zero-order valence-electron chi connectivity index (χ0n) is 11.2. The van der Waals surface area contributed by atoms with Crippen LogP contribution in [0.4, 0.5) is 4.39 Å². The number of nitrogens with two attached hydrogens (primary N) is 1. The number of halogens is 1. The van der Waals surface area contributed by atoms with E-state index in [1.165, 1.54) is 12.1 Å². The number of aromatic nitrogens is 1. The van der Waals surface area contributed by atoms with Crippen LogP contribution >= 0.6 is 0 Å². The van der Waals surface area contributed by atoms with Gasteiger partial charge in [-0.1, -0.05) is 0 Å². The molecule has 0 amide bonds. The minimum Gasteiger partial charge on any atom is -0.357 e. The Morgan fingerprint density at radius 3 is 3.00 bits per heavy atom. The molecule has 3 rings (SSSR count). The lowest BCUT2D eigenvalue weighted by atomic mass is 10.1. The standard InChI is InChI=1S/C15H18FN3O/c16-11-1-2-14-13(5-11)15(20)6-12(18-14)9-19-4-3-10(7-17)8-19/h1-2,5-6,10H,3-4,7-9,17H2,(H,18,20). The summed E-state index contributed by atoms with van der Waals surface area (Å²) in [6, 6.07) is 5.82. The summed E-state index contributed by atoms with van der Waals surface area (Å²) >= 11 is 0. The normalized spacial score (nSPS) is 19.8. The molecule has 5 heteroatoms. The quantitative estimate of drug-likeness (QED) is 0.891. The maximum absolute atomic E-state index is 13.2. The molecule has 1 saturated heterocycles. The number of rotatable bonds is 3. The third kappa shape index (κ3) is 2.59. The second-order valence-corrected chi connectivity index (χ2v) is 5.47. The molecule has 2 heterocycles. The van der Waals surface area contributed by atoms with Crippen molar-refractivity contribution < 1.29 is 4.39 Å². The topological polar surface area (TPSA) is 62.1 Å². The summed E-state index contributed by atoms with van der Waals surface area (Å²) in [5.74, 6) is 0.164. The van der Waals surface area contributed by atoms with Gasteiger partial charge in [0.2, 0.25) is 0 Å². The number of likely N-dealkylation sites (tertiary alicyclic amines) is 1. The molecule has 3 N–H and O–H groups in total. The van der Waals surface area contributed by atoms with E-state index in [2.05, 4.69) is 9.88 Å². The van der Waals surface area contributed by atoms with Crippen molar-refractivity contribution in [1.29, 1.82) is 0 Å². The third-order valence-corrected chi connectivity index (χ3v) is 3.94. The highest BCUT2D eigenvalue weighted by atomic mass is 19.1. The van der Waals surface area contributed by atoms with Crippen LogP contribution in [0.5, 0.6) is 0 Å². The van der Waals surface area contributed by atoms with E-state index in [1.807, 2.05) is 0 Å². The zero-order chi connectivity index (χ0) is 14.1. The molecule has 0 bridgehead atoms. The van der Waals surface area contributed by atoms with Crippen LogP contribution in [0.1, 0.15) is 12.1 Å². The van der Waals surface area contributed by atoms with Gasteiger partial charge in [0.05, 0.1) is 0 Å². The first kappa shape index (κ1) is 13.3. The van der Waals surface area contributed by atoms with Crippen molar-refractivity contribution >= 4 is 10.9 Å². The molecule has 0 spiro atoms. The molecular formula is C15H18FN3O. The first-order valence-corrected chi connectivity index (χ1v) is 6.89. The van der Waals surface area contributed by atoms with Gasteiger partial charge in [0, 0.05) is 35.8 Å². The van der Waals surface area contributed by atoms with Gasteiger partial charge in [-0.15, -0.1) is 0 Å². The van der Waals surface area contributed by atoms with E-state index in [9.17, 15) is 9.18 Å². The lowest BCUT2D eigenvalue weighted by Gasteiger charge is -2.15. The van der Waals surface area contributed by atoms with E-state index in [4.69, 9.17) is 5.73 Å². The van der Waals surface area contributed by atoms with Crippen molar-refractivity contribution in [2.24, 2.45) is 11.7 Å². The molecule has 4 nitrogen and oxygen atoms in total. The number of fused-ring (bicyclic) bond motifs is 1. The van der Waals surface area contributed by atoms with Crippen LogP contribution < -0.4 is 11.2 Å². The maximum Gasteiger partial charge on any atom is 0.189 e. The molecule has 1 aliphatic rings. The van der Waals surface area contributed by atoms with E-state index < -0.39 is 0 Å².